The Labute approximate surface area is 197 Å². The first-order valence-corrected chi connectivity index (χ1v) is 11.6. The lowest BCUT2D eigenvalue weighted by atomic mass is 10.1. The molecule has 2 aliphatic rings. The van der Waals surface area contributed by atoms with Gasteiger partial charge in [-0.25, -0.2) is 14.3 Å². The highest BCUT2D eigenvalue weighted by Gasteiger charge is 2.45. The summed E-state index contributed by atoms with van der Waals surface area (Å²) in [4.78, 5) is 33.9. The van der Waals surface area contributed by atoms with E-state index in [-0.39, 0.29) is 24.8 Å². The molecule has 0 aliphatic carbocycles. The fraction of sp³-hybridized carbons (Fsp3) is 0.500. The van der Waals surface area contributed by atoms with Gasteiger partial charge in [-0.3, -0.25) is 4.90 Å². The quantitative estimate of drug-likeness (QED) is 0.534. The van der Waals surface area contributed by atoms with E-state index < -0.39 is 11.6 Å². The number of anilines is 1. The number of oxazole rings is 1. The van der Waals surface area contributed by atoms with Crippen LogP contribution in [0.25, 0.3) is 16.8 Å². The van der Waals surface area contributed by atoms with Gasteiger partial charge in [0.25, 0.3) is 6.01 Å². The number of piperazine rings is 1. The van der Waals surface area contributed by atoms with Gasteiger partial charge in [0.15, 0.2) is 5.58 Å². The zero-order valence-corrected chi connectivity index (χ0v) is 19.9. The third-order valence-electron chi connectivity index (χ3n) is 6.08. The van der Waals surface area contributed by atoms with Gasteiger partial charge in [0.05, 0.1) is 24.3 Å². The summed E-state index contributed by atoms with van der Waals surface area (Å²) in [5.41, 5.74) is 1.55. The molecule has 2 bridgehead atoms. The second-order valence-corrected chi connectivity index (χ2v) is 9.69. The molecule has 2 atom stereocenters. The van der Waals surface area contributed by atoms with E-state index in [2.05, 4.69) is 10.00 Å². The Hall–Kier alpha value is -3.56. The lowest BCUT2D eigenvalue weighted by molar-refractivity contribution is 0.0120. The first kappa shape index (κ1) is 22.2. The van der Waals surface area contributed by atoms with Crippen molar-refractivity contribution in [3.05, 3.63) is 36.2 Å². The summed E-state index contributed by atoms with van der Waals surface area (Å²) in [6, 6.07) is 5.71. The van der Waals surface area contributed by atoms with E-state index in [0.717, 1.165) is 12.8 Å². The maximum atomic E-state index is 12.8. The predicted octanol–water partition coefficient (Wildman–Crippen LogP) is 3.78. The molecule has 2 aliphatic heterocycles. The molecular formula is C24H29N5O5. The molecule has 2 aromatic heterocycles. The van der Waals surface area contributed by atoms with Gasteiger partial charge < -0.3 is 18.8 Å². The molecule has 2 saturated heterocycles. The number of carbonyl (C=O) groups is 2. The van der Waals surface area contributed by atoms with Gasteiger partial charge >= 0.3 is 12.1 Å². The largest absolute Gasteiger partial charge is 0.462 e. The number of hydrogen-bond acceptors (Lipinski definition) is 8. The Bertz CT molecular complexity index is 1200. The number of carbonyl (C=O) groups excluding carboxylic acids is 2. The third kappa shape index (κ3) is 4.08. The number of nitrogens with zero attached hydrogens (tertiary/aromatic N) is 5. The van der Waals surface area contributed by atoms with E-state index in [1.54, 1.807) is 42.2 Å². The average molecular weight is 468 g/mol. The number of aromatic nitrogens is 3. The standard InChI is InChI=1S/C24H29N5O5/c1-5-32-21(30)15-11-18-20(19(12-15)28-10-6-9-25-28)33-22(26-18)27-13-16-7-8-17(14-27)29(16)23(31)34-24(2,3)4/h6,9-12,16-17H,5,7-8,13-14H2,1-4H3. The predicted molar refractivity (Wildman–Crippen MR) is 124 cm³/mol. The molecule has 0 saturated carbocycles. The number of rotatable bonds is 4. The van der Waals surface area contributed by atoms with Crippen LogP contribution in [0, 0.1) is 0 Å². The van der Waals surface area contributed by atoms with Crippen LogP contribution in [0.4, 0.5) is 10.8 Å². The van der Waals surface area contributed by atoms with Gasteiger partial charge in [-0.15, -0.1) is 0 Å². The number of ether oxygens (including phenoxy) is 2. The minimum atomic E-state index is -0.534. The van der Waals surface area contributed by atoms with Crippen LogP contribution in [0.2, 0.25) is 0 Å². The van der Waals surface area contributed by atoms with E-state index >= 15 is 0 Å². The van der Waals surface area contributed by atoms with Crippen LogP contribution in [0.3, 0.4) is 0 Å². The molecule has 0 spiro atoms. The van der Waals surface area contributed by atoms with Gasteiger partial charge in [0.2, 0.25) is 0 Å². The Kier molecular flexibility index (Phi) is 5.45. The first-order chi connectivity index (χ1) is 16.2. The summed E-state index contributed by atoms with van der Waals surface area (Å²) in [5, 5.41) is 4.30. The molecule has 1 aromatic carbocycles. The number of amides is 1. The number of fused-ring (bicyclic) bond motifs is 3. The highest BCUT2D eigenvalue weighted by molar-refractivity contribution is 5.96. The van der Waals surface area contributed by atoms with E-state index in [1.807, 2.05) is 25.7 Å². The third-order valence-corrected chi connectivity index (χ3v) is 6.08. The maximum absolute atomic E-state index is 12.8. The molecule has 10 nitrogen and oxygen atoms in total. The molecule has 3 aromatic rings. The van der Waals surface area contributed by atoms with Crippen LogP contribution < -0.4 is 4.90 Å². The van der Waals surface area contributed by atoms with Crippen molar-refractivity contribution in [3.8, 4) is 5.69 Å². The lowest BCUT2D eigenvalue weighted by Crippen LogP contribution is -2.56. The van der Waals surface area contributed by atoms with Gasteiger partial charge in [-0.05, 0) is 58.7 Å². The topological polar surface area (TPSA) is 103 Å². The molecule has 0 radical (unpaired) electrons. The fourth-order valence-electron chi connectivity index (χ4n) is 4.72. The summed E-state index contributed by atoms with van der Waals surface area (Å²) >= 11 is 0. The van der Waals surface area contributed by atoms with Gasteiger partial charge in [0.1, 0.15) is 16.8 Å². The average Bonchev–Trinajstić information content (AvgIpc) is 3.50. The molecule has 2 fully saturated rings. The van der Waals surface area contributed by atoms with Crippen molar-refractivity contribution in [1.29, 1.82) is 0 Å². The molecule has 5 rings (SSSR count). The van der Waals surface area contributed by atoms with Crippen LogP contribution in [0.5, 0.6) is 0 Å². The minimum absolute atomic E-state index is 0.0318. The number of benzene rings is 1. The van der Waals surface area contributed by atoms with Crippen LogP contribution in [0.15, 0.2) is 35.0 Å². The van der Waals surface area contributed by atoms with Crippen molar-refractivity contribution in [3.63, 3.8) is 0 Å². The monoisotopic (exact) mass is 467 g/mol. The molecule has 4 heterocycles. The van der Waals surface area contributed by atoms with Crippen molar-refractivity contribution in [2.75, 3.05) is 24.6 Å². The second-order valence-electron chi connectivity index (χ2n) is 9.69. The Morgan fingerprint density at radius 2 is 1.91 bits per heavy atom. The summed E-state index contributed by atoms with van der Waals surface area (Å²) in [6.45, 7) is 8.89. The van der Waals surface area contributed by atoms with Crippen LogP contribution in [-0.2, 0) is 9.47 Å². The second kappa shape index (κ2) is 8.34. The van der Waals surface area contributed by atoms with Crippen LogP contribution >= 0.6 is 0 Å². The molecule has 34 heavy (non-hydrogen) atoms. The smallest absolute Gasteiger partial charge is 0.410 e. The molecule has 1 amide bonds. The summed E-state index contributed by atoms with van der Waals surface area (Å²) in [7, 11) is 0. The Morgan fingerprint density at radius 3 is 2.53 bits per heavy atom. The first-order valence-electron chi connectivity index (χ1n) is 11.6. The summed E-state index contributed by atoms with van der Waals surface area (Å²) in [6.07, 6.45) is 5.00. The zero-order chi connectivity index (χ0) is 24.0. The van der Waals surface area contributed by atoms with Gasteiger partial charge in [0, 0.05) is 25.5 Å². The molecule has 2 unspecified atom stereocenters. The lowest BCUT2D eigenvalue weighted by Gasteiger charge is -2.40. The summed E-state index contributed by atoms with van der Waals surface area (Å²) in [5.74, 6) is -0.425. The summed E-state index contributed by atoms with van der Waals surface area (Å²) < 4.78 is 18.7. The van der Waals surface area contributed by atoms with E-state index in [4.69, 9.17) is 18.9 Å². The minimum Gasteiger partial charge on any atom is -0.462 e. The van der Waals surface area contributed by atoms with Crippen LogP contribution in [0.1, 0.15) is 50.9 Å². The zero-order valence-electron chi connectivity index (χ0n) is 19.9. The molecule has 180 valence electrons. The highest BCUT2D eigenvalue weighted by atomic mass is 16.6. The van der Waals surface area contributed by atoms with E-state index in [9.17, 15) is 9.59 Å². The molecule has 0 N–H and O–H groups in total. The van der Waals surface area contributed by atoms with Gasteiger partial charge in [-0.2, -0.15) is 10.1 Å². The SMILES string of the molecule is CCOC(=O)c1cc(-n2cccn2)c2oc(N3CC4CCC(C3)N4C(=O)OC(C)(C)C)nc2c1. The van der Waals surface area contributed by atoms with E-state index in [0.29, 0.717) is 41.5 Å². The fourth-order valence-corrected chi connectivity index (χ4v) is 4.72. The maximum Gasteiger partial charge on any atom is 0.410 e. The van der Waals surface area contributed by atoms with Crippen molar-refractivity contribution >= 4 is 29.2 Å². The van der Waals surface area contributed by atoms with Crippen LogP contribution in [-0.4, -0.2) is 69.1 Å². The Balaban J connectivity index is 1.46. The van der Waals surface area contributed by atoms with Crippen molar-refractivity contribution < 1.29 is 23.5 Å². The molecule has 10 heteroatoms. The Morgan fingerprint density at radius 1 is 1.18 bits per heavy atom. The van der Waals surface area contributed by atoms with Crippen molar-refractivity contribution in [2.45, 2.75) is 58.2 Å². The van der Waals surface area contributed by atoms with Crippen molar-refractivity contribution in [1.82, 2.24) is 19.7 Å². The molecular weight excluding hydrogens is 438 g/mol. The highest BCUT2D eigenvalue weighted by Crippen LogP contribution is 2.36. The van der Waals surface area contributed by atoms with Crippen molar-refractivity contribution in [2.24, 2.45) is 0 Å². The van der Waals surface area contributed by atoms with Gasteiger partial charge in [-0.1, -0.05) is 0 Å². The van der Waals surface area contributed by atoms with E-state index in [1.165, 1.54) is 0 Å². The number of esters is 1. The normalized spacial score (nSPS) is 20.1. The number of hydrogen-bond donors (Lipinski definition) is 0.